The van der Waals surface area contributed by atoms with Crippen molar-refractivity contribution in [2.45, 2.75) is 37.8 Å². The van der Waals surface area contributed by atoms with Gasteiger partial charge < -0.3 is 21.7 Å². The summed E-state index contributed by atoms with van der Waals surface area (Å²) in [5, 5.41) is 16.2. The van der Waals surface area contributed by atoms with Gasteiger partial charge >= 0.3 is 0 Å². The lowest BCUT2D eigenvalue weighted by atomic mass is 9.98. The average molecular weight is 469 g/mol. The van der Waals surface area contributed by atoms with Crippen LogP contribution in [0.2, 0.25) is 0 Å². The van der Waals surface area contributed by atoms with E-state index in [4.69, 9.17) is 5.73 Å². The van der Waals surface area contributed by atoms with E-state index in [0.29, 0.717) is 12.6 Å². The first-order valence-electron chi connectivity index (χ1n) is 13.0. The molecule has 4 heteroatoms. The molecular formula is C31H40N4. The molecule has 5 N–H and O–H groups in total. The van der Waals surface area contributed by atoms with Crippen LogP contribution >= 0.6 is 0 Å². The van der Waals surface area contributed by atoms with E-state index in [2.05, 4.69) is 101 Å². The maximum Gasteiger partial charge on any atom is 0.0231 e. The third kappa shape index (κ3) is 7.12. The number of benzene rings is 4. The minimum absolute atomic E-state index is 0.257. The van der Waals surface area contributed by atoms with Crippen molar-refractivity contribution in [2.75, 3.05) is 33.2 Å². The van der Waals surface area contributed by atoms with Gasteiger partial charge in [-0.1, -0.05) is 84.9 Å². The predicted molar refractivity (Wildman–Crippen MR) is 151 cm³/mol. The summed E-state index contributed by atoms with van der Waals surface area (Å²) in [6.45, 7) is 3.56. The second-order valence-electron chi connectivity index (χ2n) is 9.47. The first-order chi connectivity index (χ1) is 17.3. The summed E-state index contributed by atoms with van der Waals surface area (Å²) in [6, 6.07) is 31.2. The van der Waals surface area contributed by atoms with Gasteiger partial charge in [-0.05, 0) is 78.5 Å². The molecule has 0 radical (unpaired) electrons. The van der Waals surface area contributed by atoms with Crippen molar-refractivity contribution >= 4 is 21.5 Å². The van der Waals surface area contributed by atoms with Crippen LogP contribution in [-0.4, -0.2) is 45.3 Å². The molecule has 0 bridgehead atoms. The third-order valence-corrected chi connectivity index (χ3v) is 6.97. The summed E-state index contributed by atoms with van der Waals surface area (Å²) in [6.07, 6.45) is 4.26. The van der Waals surface area contributed by atoms with Crippen LogP contribution in [0.5, 0.6) is 0 Å². The molecule has 2 atom stereocenters. The van der Waals surface area contributed by atoms with Gasteiger partial charge in [0, 0.05) is 25.2 Å². The molecule has 35 heavy (non-hydrogen) atoms. The van der Waals surface area contributed by atoms with Gasteiger partial charge in [0.2, 0.25) is 0 Å². The molecule has 0 heterocycles. The number of rotatable bonds is 14. The molecule has 4 nitrogen and oxygen atoms in total. The Hall–Kier alpha value is -2.76. The van der Waals surface area contributed by atoms with Gasteiger partial charge in [-0.15, -0.1) is 0 Å². The second kappa shape index (κ2) is 13.4. The first kappa shape index (κ1) is 25.3. The smallest absolute Gasteiger partial charge is 0.0231 e. The van der Waals surface area contributed by atoms with E-state index in [1.165, 1.54) is 32.7 Å². The van der Waals surface area contributed by atoms with E-state index in [1.807, 2.05) is 7.05 Å². The van der Waals surface area contributed by atoms with Crippen molar-refractivity contribution < 1.29 is 0 Å². The minimum Gasteiger partial charge on any atom is -0.329 e. The van der Waals surface area contributed by atoms with E-state index in [-0.39, 0.29) is 6.04 Å². The fourth-order valence-electron chi connectivity index (χ4n) is 5.01. The van der Waals surface area contributed by atoms with Crippen LogP contribution in [0.1, 0.15) is 24.0 Å². The number of hydrogen-bond acceptors (Lipinski definition) is 4. The van der Waals surface area contributed by atoms with Gasteiger partial charge in [0.15, 0.2) is 0 Å². The lowest BCUT2D eigenvalue weighted by Crippen LogP contribution is -2.46. The monoisotopic (exact) mass is 468 g/mol. The average Bonchev–Trinajstić information content (AvgIpc) is 2.91. The Balaban J connectivity index is 1.35. The van der Waals surface area contributed by atoms with Crippen LogP contribution in [0.3, 0.4) is 0 Å². The Morgan fingerprint density at radius 3 is 2.00 bits per heavy atom. The van der Waals surface area contributed by atoms with Crippen molar-refractivity contribution in [2.24, 2.45) is 5.73 Å². The zero-order valence-electron chi connectivity index (χ0n) is 21.0. The molecule has 184 valence electrons. The van der Waals surface area contributed by atoms with Crippen molar-refractivity contribution in [3.63, 3.8) is 0 Å². The lowest BCUT2D eigenvalue weighted by Gasteiger charge is -2.24. The van der Waals surface area contributed by atoms with Crippen LogP contribution in [0.4, 0.5) is 0 Å². The highest BCUT2D eigenvalue weighted by Crippen LogP contribution is 2.20. The van der Waals surface area contributed by atoms with Crippen molar-refractivity contribution in [3.05, 3.63) is 96.1 Å². The highest BCUT2D eigenvalue weighted by atomic mass is 15.0. The van der Waals surface area contributed by atoms with Crippen molar-refractivity contribution in [1.82, 2.24) is 16.0 Å². The fourth-order valence-corrected chi connectivity index (χ4v) is 5.01. The van der Waals surface area contributed by atoms with Gasteiger partial charge in [-0.25, -0.2) is 0 Å². The summed E-state index contributed by atoms with van der Waals surface area (Å²) in [7, 11) is 2.02. The van der Waals surface area contributed by atoms with E-state index >= 15 is 0 Å². The SMILES string of the molecule is CNCCC[C@@H](CN[C@H](CN)Cc1cccc2ccccc12)NCCc1cccc2ccccc12. The van der Waals surface area contributed by atoms with Crippen molar-refractivity contribution in [3.8, 4) is 0 Å². The molecule has 0 amide bonds. The summed E-state index contributed by atoms with van der Waals surface area (Å²) in [5.41, 5.74) is 8.98. The predicted octanol–water partition coefficient (Wildman–Crippen LogP) is 4.65. The molecule has 4 rings (SSSR count). The Bertz CT molecular complexity index is 1180. The fraction of sp³-hybridized carbons (Fsp3) is 0.355. The summed E-state index contributed by atoms with van der Waals surface area (Å²) >= 11 is 0. The topological polar surface area (TPSA) is 62.1 Å². The summed E-state index contributed by atoms with van der Waals surface area (Å²) in [5.74, 6) is 0. The molecule has 0 fully saturated rings. The normalized spacial score (nSPS) is 13.3. The van der Waals surface area contributed by atoms with E-state index in [9.17, 15) is 0 Å². The highest BCUT2D eigenvalue weighted by molar-refractivity contribution is 5.86. The molecule has 0 saturated carbocycles. The molecule has 0 spiro atoms. The molecule has 0 aromatic heterocycles. The van der Waals surface area contributed by atoms with Crippen LogP contribution in [0.15, 0.2) is 84.9 Å². The first-order valence-corrected chi connectivity index (χ1v) is 13.0. The zero-order chi connectivity index (χ0) is 24.3. The zero-order valence-corrected chi connectivity index (χ0v) is 21.0. The van der Waals surface area contributed by atoms with Crippen LogP contribution in [0, 0.1) is 0 Å². The molecule has 0 saturated heterocycles. The standard InChI is InChI=1S/C31H40N4/c1-33-19-8-15-28(34-20-18-26-13-6-11-24-9-2-4-16-30(24)26)23-35-29(22-32)21-27-14-7-12-25-10-3-5-17-31(25)27/h2-7,9-14,16-17,28-29,33-35H,8,15,18-23,32H2,1H3/t28-,29-/m0/s1. The summed E-state index contributed by atoms with van der Waals surface area (Å²) in [4.78, 5) is 0. The van der Waals surface area contributed by atoms with E-state index in [0.717, 1.165) is 45.3 Å². The maximum absolute atomic E-state index is 6.21. The second-order valence-corrected chi connectivity index (χ2v) is 9.47. The quantitative estimate of drug-likeness (QED) is 0.203. The number of hydrogen-bond donors (Lipinski definition) is 4. The van der Waals surface area contributed by atoms with Crippen molar-refractivity contribution in [1.29, 1.82) is 0 Å². The highest BCUT2D eigenvalue weighted by Gasteiger charge is 2.14. The van der Waals surface area contributed by atoms with Crippen LogP contribution in [-0.2, 0) is 12.8 Å². The van der Waals surface area contributed by atoms with Gasteiger partial charge in [-0.3, -0.25) is 0 Å². The van der Waals surface area contributed by atoms with Gasteiger partial charge in [0.05, 0.1) is 0 Å². The molecule has 0 aliphatic heterocycles. The Labute approximate surface area is 210 Å². The molecule has 0 aliphatic rings. The number of nitrogens with one attached hydrogen (secondary N) is 3. The molecule has 4 aromatic rings. The molecule has 0 aliphatic carbocycles. The number of fused-ring (bicyclic) bond motifs is 2. The summed E-state index contributed by atoms with van der Waals surface area (Å²) < 4.78 is 0. The van der Waals surface area contributed by atoms with Gasteiger partial charge in [-0.2, -0.15) is 0 Å². The Morgan fingerprint density at radius 1 is 0.686 bits per heavy atom. The lowest BCUT2D eigenvalue weighted by molar-refractivity contribution is 0.406. The van der Waals surface area contributed by atoms with Gasteiger partial charge in [0.1, 0.15) is 0 Å². The Morgan fingerprint density at radius 2 is 1.31 bits per heavy atom. The van der Waals surface area contributed by atoms with E-state index in [1.54, 1.807) is 0 Å². The minimum atomic E-state index is 0.257. The molecule has 0 unspecified atom stereocenters. The van der Waals surface area contributed by atoms with Crippen LogP contribution in [0.25, 0.3) is 21.5 Å². The largest absolute Gasteiger partial charge is 0.329 e. The Kier molecular flexibility index (Phi) is 9.67. The molecular weight excluding hydrogens is 428 g/mol. The third-order valence-electron chi connectivity index (χ3n) is 6.97. The van der Waals surface area contributed by atoms with Crippen LogP contribution < -0.4 is 21.7 Å². The van der Waals surface area contributed by atoms with Gasteiger partial charge in [0.25, 0.3) is 0 Å². The maximum atomic E-state index is 6.21. The molecule has 4 aromatic carbocycles. The number of nitrogens with two attached hydrogens (primary N) is 1. The van der Waals surface area contributed by atoms with E-state index < -0.39 is 0 Å².